The minimum atomic E-state index is -0.226. The summed E-state index contributed by atoms with van der Waals surface area (Å²) >= 11 is 0. The smallest absolute Gasteiger partial charge is 0.276 e. The monoisotopic (exact) mass is 309 g/mol. The molecule has 1 N–H and O–H groups in total. The topological polar surface area (TPSA) is 55.1 Å². The molecule has 2 heterocycles. The lowest BCUT2D eigenvalue weighted by atomic mass is 10.2. The lowest BCUT2D eigenvalue weighted by molar-refractivity contribution is 0.102. The number of carbonyl (C=O) groups is 1. The molecule has 0 atom stereocenters. The van der Waals surface area contributed by atoms with Gasteiger partial charge in [-0.2, -0.15) is 5.10 Å². The summed E-state index contributed by atoms with van der Waals surface area (Å²) in [6.07, 6.45) is 3.71. The number of benzene rings is 1. The zero-order valence-corrected chi connectivity index (χ0v) is 13.4. The third-order valence-corrected chi connectivity index (χ3v) is 3.61. The Kier molecular flexibility index (Phi) is 3.89. The normalized spacial score (nSPS) is 10.6. The molecule has 23 heavy (non-hydrogen) atoms. The van der Waals surface area contributed by atoms with Gasteiger partial charge in [-0.1, -0.05) is 0 Å². The average molecular weight is 309 g/mol. The number of nitrogens with zero attached hydrogens (tertiary/aromatic N) is 4. The number of anilines is 2. The lowest BCUT2D eigenvalue weighted by Gasteiger charge is -2.12. The quantitative estimate of drug-likeness (QED) is 0.806. The molecule has 6 nitrogen and oxygen atoms in total. The summed E-state index contributed by atoms with van der Waals surface area (Å²) in [6.45, 7) is 0. The number of amides is 1. The van der Waals surface area contributed by atoms with Gasteiger partial charge in [0.05, 0.1) is 0 Å². The third-order valence-electron chi connectivity index (χ3n) is 3.61. The maximum absolute atomic E-state index is 12.3. The standard InChI is InChI=1S/C17H19N5O/c1-20(2)14-8-6-13(7-9-14)18-17(23)15-10-12-22(19-15)16-5-4-11-21(16)3/h4-12H,1-3H3,(H,18,23). The van der Waals surface area contributed by atoms with Crippen LogP contribution in [0, 0.1) is 0 Å². The van der Waals surface area contributed by atoms with Crippen LogP contribution in [0.4, 0.5) is 11.4 Å². The number of aryl methyl sites for hydroxylation is 1. The summed E-state index contributed by atoms with van der Waals surface area (Å²) in [5, 5.41) is 7.19. The number of rotatable bonds is 4. The lowest BCUT2D eigenvalue weighted by Crippen LogP contribution is -2.14. The molecule has 2 aromatic heterocycles. The van der Waals surface area contributed by atoms with E-state index in [4.69, 9.17) is 0 Å². The van der Waals surface area contributed by atoms with E-state index in [9.17, 15) is 4.79 Å². The highest BCUT2D eigenvalue weighted by molar-refractivity contribution is 6.02. The van der Waals surface area contributed by atoms with E-state index in [0.29, 0.717) is 5.69 Å². The third kappa shape index (κ3) is 3.11. The molecule has 0 saturated heterocycles. The molecule has 6 heteroatoms. The van der Waals surface area contributed by atoms with Gasteiger partial charge in [0.2, 0.25) is 0 Å². The fourth-order valence-corrected chi connectivity index (χ4v) is 2.30. The minimum absolute atomic E-state index is 0.226. The van der Waals surface area contributed by atoms with Crippen molar-refractivity contribution in [3.8, 4) is 5.82 Å². The molecular weight excluding hydrogens is 290 g/mol. The molecular formula is C17H19N5O. The second-order valence-electron chi connectivity index (χ2n) is 5.52. The van der Waals surface area contributed by atoms with Crippen molar-refractivity contribution in [3.63, 3.8) is 0 Å². The van der Waals surface area contributed by atoms with Gasteiger partial charge < -0.3 is 14.8 Å². The van der Waals surface area contributed by atoms with Crippen molar-refractivity contribution < 1.29 is 4.79 Å². The maximum Gasteiger partial charge on any atom is 0.276 e. The van der Waals surface area contributed by atoms with Crippen molar-refractivity contribution in [1.29, 1.82) is 0 Å². The molecule has 0 saturated carbocycles. The van der Waals surface area contributed by atoms with E-state index in [-0.39, 0.29) is 5.91 Å². The van der Waals surface area contributed by atoms with Gasteiger partial charge in [-0.15, -0.1) is 0 Å². The summed E-state index contributed by atoms with van der Waals surface area (Å²) in [5.74, 6) is 0.676. The van der Waals surface area contributed by atoms with Crippen LogP contribution in [0.5, 0.6) is 0 Å². The van der Waals surface area contributed by atoms with E-state index in [2.05, 4.69) is 10.4 Å². The summed E-state index contributed by atoms with van der Waals surface area (Å²) in [6, 6.07) is 13.2. The van der Waals surface area contributed by atoms with Crippen molar-refractivity contribution in [2.45, 2.75) is 0 Å². The number of aromatic nitrogens is 3. The predicted molar refractivity (Wildman–Crippen MR) is 91.3 cm³/mol. The van der Waals surface area contributed by atoms with Gasteiger partial charge in [0.1, 0.15) is 5.82 Å². The van der Waals surface area contributed by atoms with Crippen LogP contribution >= 0.6 is 0 Å². The van der Waals surface area contributed by atoms with E-state index in [1.165, 1.54) is 0 Å². The van der Waals surface area contributed by atoms with Crippen LogP contribution in [0.1, 0.15) is 10.5 Å². The Morgan fingerprint density at radius 3 is 2.43 bits per heavy atom. The first kappa shape index (κ1) is 14.9. The van der Waals surface area contributed by atoms with E-state index in [0.717, 1.165) is 17.2 Å². The van der Waals surface area contributed by atoms with Crippen LogP contribution in [-0.4, -0.2) is 34.4 Å². The molecule has 0 fully saturated rings. The van der Waals surface area contributed by atoms with Crippen LogP contribution in [0.15, 0.2) is 54.9 Å². The van der Waals surface area contributed by atoms with Crippen LogP contribution < -0.4 is 10.2 Å². The van der Waals surface area contributed by atoms with Gasteiger partial charge in [0.15, 0.2) is 5.69 Å². The zero-order chi connectivity index (χ0) is 16.4. The van der Waals surface area contributed by atoms with E-state index in [1.54, 1.807) is 16.9 Å². The molecule has 0 aliphatic heterocycles. The van der Waals surface area contributed by atoms with E-state index in [1.807, 2.05) is 73.2 Å². The largest absolute Gasteiger partial charge is 0.378 e. The Bertz CT molecular complexity index is 814. The Morgan fingerprint density at radius 2 is 1.83 bits per heavy atom. The van der Waals surface area contributed by atoms with E-state index < -0.39 is 0 Å². The number of nitrogens with one attached hydrogen (secondary N) is 1. The molecule has 0 unspecified atom stereocenters. The fourth-order valence-electron chi connectivity index (χ4n) is 2.30. The van der Waals surface area contributed by atoms with Crippen LogP contribution in [0.25, 0.3) is 5.82 Å². The van der Waals surface area contributed by atoms with Crippen molar-refractivity contribution in [2.75, 3.05) is 24.3 Å². The van der Waals surface area contributed by atoms with Gasteiger partial charge >= 0.3 is 0 Å². The van der Waals surface area contributed by atoms with Crippen LogP contribution in [0.2, 0.25) is 0 Å². The first-order valence-electron chi connectivity index (χ1n) is 7.31. The predicted octanol–water partition coefficient (Wildman–Crippen LogP) is 2.53. The highest BCUT2D eigenvalue weighted by Crippen LogP contribution is 2.16. The average Bonchev–Trinajstić information content (AvgIpc) is 3.16. The number of hydrogen-bond acceptors (Lipinski definition) is 3. The molecule has 0 bridgehead atoms. The zero-order valence-electron chi connectivity index (χ0n) is 13.4. The Labute approximate surface area is 135 Å². The molecule has 1 aromatic carbocycles. The van der Waals surface area contributed by atoms with Crippen molar-refractivity contribution in [3.05, 3.63) is 60.6 Å². The molecule has 0 radical (unpaired) electrons. The van der Waals surface area contributed by atoms with Gasteiger partial charge in [-0.3, -0.25) is 4.79 Å². The maximum atomic E-state index is 12.3. The molecule has 3 aromatic rings. The summed E-state index contributed by atoms with van der Waals surface area (Å²) in [4.78, 5) is 14.3. The van der Waals surface area contributed by atoms with Crippen LogP contribution in [-0.2, 0) is 7.05 Å². The summed E-state index contributed by atoms with van der Waals surface area (Å²) < 4.78 is 3.62. The van der Waals surface area contributed by atoms with Crippen LogP contribution in [0.3, 0.4) is 0 Å². The Morgan fingerprint density at radius 1 is 1.09 bits per heavy atom. The Balaban J connectivity index is 1.74. The van der Waals surface area contributed by atoms with Crippen molar-refractivity contribution in [1.82, 2.24) is 14.3 Å². The van der Waals surface area contributed by atoms with Crippen molar-refractivity contribution >= 4 is 17.3 Å². The second kappa shape index (κ2) is 6.00. The molecule has 0 aliphatic rings. The van der Waals surface area contributed by atoms with E-state index >= 15 is 0 Å². The van der Waals surface area contributed by atoms with Crippen molar-refractivity contribution in [2.24, 2.45) is 7.05 Å². The molecule has 118 valence electrons. The first-order chi connectivity index (χ1) is 11.0. The summed E-state index contributed by atoms with van der Waals surface area (Å²) in [7, 11) is 5.89. The number of carbonyl (C=O) groups excluding carboxylic acids is 1. The fraction of sp³-hybridized carbons (Fsp3) is 0.176. The Hall–Kier alpha value is -3.02. The second-order valence-corrected chi connectivity index (χ2v) is 5.52. The summed E-state index contributed by atoms with van der Waals surface area (Å²) in [5.41, 5.74) is 2.20. The minimum Gasteiger partial charge on any atom is -0.378 e. The number of hydrogen-bond donors (Lipinski definition) is 1. The van der Waals surface area contributed by atoms with Gasteiger partial charge in [0.25, 0.3) is 5.91 Å². The molecule has 0 spiro atoms. The van der Waals surface area contributed by atoms with Gasteiger partial charge in [0, 0.05) is 44.9 Å². The van der Waals surface area contributed by atoms with Gasteiger partial charge in [-0.05, 0) is 42.5 Å². The van der Waals surface area contributed by atoms with Gasteiger partial charge in [-0.25, -0.2) is 4.68 Å². The highest BCUT2D eigenvalue weighted by Gasteiger charge is 2.11. The highest BCUT2D eigenvalue weighted by atomic mass is 16.1. The molecule has 0 aliphatic carbocycles. The molecule has 1 amide bonds. The SMILES string of the molecule is CN(C)c1ccc(NC(=O)c2ccn(-c3cccn3C)n2)cc1. The molecule has 3 rings (SSSR count). The first-order valence-corrected chi connectivity index (χ1v) is 7.31.